The second-order valence-electron chi connectivity index (χ2n) is 7.15. The zero-order valence-corrected chi connectivity index (χ0v) is 14.7. The summed E-state index contributed by atoms with van der Waals surface area (Å²) in [7, 11) is 1.91. The zero-order valence-electron chi connectivity index (χ0n) is 14.7. The topological polar surface area (TPSA) is 63.1 Å². The van der Waals surface area contributed by atoms with Crippen molar-refractivity contribution >= 4 is 11.9 Å². The number of nitrogens with one attached hydrogen (secondary N) is 1. The molecule has 6 nitrogen and oxygen atoms in total. The van der Waals surface area contributed by atoms with E-state index < -0.39 is 0 Å². The summed E-state index contributed by atoms with van der Waals surface area (Å²) < 4.78 is 1.88. The van der Waals surface area contributed by atoms with E-state index >= 15 is 0 Å². The summed E-state index contributed by atoms with van der Waals surface area (Å²) in [4.78, 5) is 23.8. The van der Waals surface area contributed by atoms with Gasteiger partial charge in [-0.15, -0.1) is 0 Å². The van der Waals surface area contributed by atoms with Crippen LogP contribution in [0.4, 0.5) is 5.95 Å². The van der Waals surface area contributed by atoms with Crippen molar-refractivity contribution in [1.29, 1.82) is 0 Å². The minimum atomic E-state index is 0.00950. The Hall–Kier alpha value is -2.37. The fourth-order valence-corrected chi connectivity index (χ4v) is 3.83. The fourth-order valence-electron chi connectivity index (χ4n) is 3.83. The molecule has 6 heteroatoms. The number of anilines is 1. The third-order valence-corrected chi connectivity index (χ3v) is 5.29. The van der Waals surface area contributed by atoms with Crippen LogP contribution in [-0.4, -0.2) is 39.6 Å². The number of rotatable bonds is 4. The number of amides is 1. The van der Waals surface area contributed by atoms with E-state index in [0.29, 0.717) is 11.7 Å². The number of aromatic nitrogens is 3. The van der Waals surface area contributed by atoms with Gasteiger partial charge in [-0.2, -0.15) is 0 Å². The van der Waals surface area contributed by atoms with Crippen molar-refractivity contribution < 1.29 is 4.79 Å². The lowest BCUT2D eigenvalue weighted by Gasteiger charge is -2.14. The lowest BCUT2D eigenvalue weighted by atomic mass is 10.2. The first-order valence-corrected chi connectivity index (χ1v) is 9.25. The van der Waals surface area contributed by atoms with Crippen molar-refractivity contribution in [3.8, 4) is 11.1 Å². The van der Waals surface area contributed by atoms with Gasteiger partial charge in [0.1, 0.15) is 5.69 Å². The molecule has 0 radical (unpaired) electrons. The number of carbonyl (C=O) groups is 1. The molecule has 0 bridgehead atoms. The molecule has 0 atom stereocenters. The molecule has 2 aliphatic rings. The molecule has 1 N–H and O–H groups in total. The maximum Gasteiger partial charge on any atom is 0.268 e. The molecule has 1 aliphatic carbocycles. The molecule has 3 heterocycles. The molecule has 132 valence electrons. The largest absolute Gasteiger partial charge is 0.348 e. The van der Waals surface area contributed by atoms with E-state index in [1.54, 1.807) is 0 Å². The van der Waals surface area contributed by atoms with Crippen molar-refractivity contribution in [3.05, 3.63) is 30.4 Å². The number of aryl methyl sites for hydroxylation is 1. The van der Waals surface area contributed by atoms with Gasteiger partial charge in [-0.25, -0.2) is 9.97 Å². The zero-order chi connectivity index (χ0) is 17.2. The summed E-state index contributed by atoms with van der Waals surface area (Å²) in [6.07, 6.45) is 12.7. The first-order valence-electron chi connectivity index (χ1n) is 9.25. The molecule has 1 saturated carbocycles. The molecule has 2 fully saturated rings. The van der Waals surface area contributed by atoms with Gasteiger partial charge in [0.15, 0.2) is 0 Å². The second kappa shape index (κ2) is 6.86. The van der Waals surface area contributed by atoms with Crippen LogP contribution in [0.2, 0.25) is 0 Å². The number of nitrogens with zero attached hydrogens (tertiary/aromatic N) is 4. The second-order valence-corrected chi connectivity index (χ2v) is 7.15. The molecule has 0 aromatic carbocycles. The molecule has 1 aliphatic heterocycles. The summed E-state index contributed by atoms with van der Waals surface area (Å²) in [6, 6.07) is 2.26. The van der Waals surface area contributed by atoms with Gasteiger partial charge in [-0.05, 0) is 31.7 Å². The van der Waals surface area contributed by atoms with Crippen LogP contribution >= 0.6 is 0 Å². The standard InChI is InChI=1S/C19H25N5O/c1-23-13-14(10-17(23)18(25)22-16-6-2-3-7-16)15-11-20-19(21-12-15)24-8-4-5-9-24/h10-13,16H,2-9H2,1H3,(H,22,25). The van der Waals surface area contributed by atoms with Crippen molar-refractivity contribution in [2.75, 3.05) is 18.0 Å². The molecule has 0 spiro atoms. The van der Waals surface area contributed by atoms with Crippen molar-refractivity contribution in [3.63, 3.8) is 0 Å². The summed E-state index contributed by atoms with van der Waals surface area (Å²) in [5.74, 6) is 0.812. The van der Waals surface area contributed by atoms with Crippen LogP contribution in [-0.2, 0) is 7.05 Å². The quantitative estimate of drug-likeness (QED) is 0.930. The van der Waals surface area contributed by atoms with Gasteiger partial charge < -0.3 is 14.8 Å². The van der Waals surface area contributed by atoms with Gasteiger partial charge in [0.25, 0.3) is 5.91 Å². The van der Waals surface area contributed by atoms with Crippen LogP contribution in [0.25, 0.3) is 11.1 Å². The number of hydrogen-bond donors (Lipinski definition) is 1. The number of carbonyl (C=O) groups excluding carboxylic acids is 1. The monoisotopic (exact) mass is 339 g/mol. The van der Waals surface area contributed by atoms with Crippen LogP contribution in [0.15, 0.2) is 24.7 Å². The highest BCUT2D eigenvalue weighted by Gasteiger charge is 2.20. The van der Waals surface area contributed by atoms with Crippen molar-refractivity contribution in [2.24, 2.45) is 7.05 Å². The molecule has 1 amide bonds. The van der Waals surface area contributed by atoms with Crippen LogP contribution in [0.3, 0.4) is 0 Å². The third-order valence-electron chi connectivity index (χ3n) is 5.29. The molecule has 2 aromatic heterocycles. The molecule has 2 aromatic rings. The van der Waals surface area contributed by atoms with Gasteiger partial charge >= 0.3 is 0 Å². The van der Waals surface area contributed by atoms with Gasteiger partial charge in [-0.1, -0.05) is 12.8 Å². The maximum atomic E-state index is 12.5. The Morgan fingerprint density at radius 2 is 1.76 bits per heavy atom. The summed E-state index contributed by atoms with van der Waals surface area (Å²) in [6.45, 7) is 2.08. The predicted molar refractivity (Wildman–Crippen MR) is 97.6 cm³/mol. The third kappa shape index (κ3) is 3.38. The Labute approximate surface area is 148 Å². The number of hydrogen-bond acceptors (Lipinski definition) is 4. The van der Waals surface area contributed by atoms with Crippen LogP contribution in [0.1, 0.15) is 49.0 Å². The van der Waals surface area contributed by atoms with Crippen LogP contribution < -0.4 is 10.2 Å². The molecular weight excluding hydrogens is 314 g/mol. The van der Waals surface area contributed by atoms with E-state index in [0.717, 1.165) is 43.0 Å². The minimum Gasteiger partial charge on any atom is -0.348 e. The Morgan fingerprint density at radius 1 is 1.08 bits per heavy atom. The Kier molecular flexibility index (Phi) is 4.42. The lowest BCUT2D eigenvalue weighted by Crippen LogP contribution is -2.33. The highest BCUT2D eigenvalue weighted by atomic mass is 16.2. The average molecular weight is 339 g/mol. The summed E-state index contributed by atoms with van der Waals surface area (Å²) >= 11 is 0. The van der Waals surface area contributed by atoms with Crippen LogP contribution in [0.5, 0.6) is 0 Å². The molecular formula is C19H25N5O. The highest BCUT2D eigenvalue weighted by Crippen LogP contribution is 2.24. The van der Waals surface area contributed by atoms with E-state index in [-0.39, 0.29) is 5.91 Å². The fraction of sp³-hybridized carbons (Fsp3) is 0.526. The van der Waals surface area contributed by atoms with Gasteiger partial charge in [-0.3, -0.25) is 4.79 Å². The first kappa shape index (κ1) is 16.1. The van der Waals surface area contributed by atoms with Gasteiger partial charge in [0.2, 0.25) is 5.95 Å². The highest BCUT2D eigenvalue weighted by molar-refractivity contribution is 5.94. The minimum absolute atomic E-state index is 0.00950. The first-order chi connectivity index (χ1) is 12.2. The van der Waals surface area contributed by atoms with Crippen LogP contribution in [0, 0.1) is 0 Å². The molecule has 4 rings (SSSR count). The Bertz CT molecular complexity index is 740. The van der Waals surface area contributed by atoms with E-state index in [2.05, 4.69) is 20.2 Å². The Morgan fingerprint density at radius 3 is 2.44 bits per heavy atom. The molecule has 0 unspecified atom stereocenters. The van der Waals surface area contributed by atoms with E-state index in [1.165, 1.54) is 25.7 Å². The average Bonchev–Trinajstić information content (AvgIpc) is 3.36. The summed E-state index contributed by atoms with van der Waals surface area (Å²) in [5.41, 5.74) is 2.61. The SMILES string of the molecule is Cn1cc(-c2cnc(N3CCCC3)nc2)cc1C(=O)NC1CCCC1. The smallest absolute Gasteiger partial charge is 0.268 e. The van der Waals surface area contributed by atoms with Gasteiger partial charge in [0.05, 0.1) is 0 Å². The van der Waals surface area contributed by atoms with Crippen molar-refractivity contribution in [1.82, 2.24) is 19.9 Å². The van der Waals surface area contributed by atoms with Crippen molar-refractivity contribution in [2.45, 2.75) is 44.6 Å². The summed E-state index contributed by atoms with van der Waals surface area (Å²) in [5, 5.41) is 3.15. The predicted octanol–water partition coefficient (Wildman–Crippen LogP) is 2.75. The van der Waals surface area contributed by atoms with E-state index in [4.69, 9.17) is 0 Å². The Balaban J connectivity index is 1.50. The molecule has 25 heavy (non-hydrogen) atoms. The van der Waals surface area contributed by atoms with Gasteiger partial charge in [0, 0.05) is 55.9 Å². The van der Waals surface area contributed by atoms with E-state index in [1.807, 2.05) is 36.3 Å². The molecule has 1 saturated heterocycles. The lowest BCUT2D eigenvalue weighted by molar-refractivity contribution is 0.0929. The normalized spacial score (nSPS) is 18.0. The maximum absolute atomic E-state index is 12.5. The van der Waals surface area contributed by atoms with E-state index in [9.17, 15) is 4.79 Å².